The molecular formula is C23H29N3O3. The van der Waals surface area contributed by atoms with Gasteiger partial charge in [-0.2, -0.15) is 0 Å². The van der Waals surface area contributed by atoms with Crippen molar-refractivity contribution in [3.05, 3.63) is 59.5 Å². The maximum Gasteiger partial charge on any atom is 0.289 e. The van der Waals surface area contributed by atoms with Crippen molar-refractivity contribution >= 4 is 11.8 Å². The van der Waals surface area contributed by atoms with Crippen LogP contribution in [0, 0.1) is 0 Å². The van der Waals surface area contributed by atoms with Gasteiger partial charge in [0.2, 0.25) is 0 Å². The molecule has 1 saturated carbocycles. The Hall–Kier alpha value is -2.60. The monoisotopic (exact) mass is 395 g/mol. The number of nitrogens with one attached hydrogen (secondary N) is 1. The second-order valence-electron chi connectivity index (χ2n) is 8.05. The Balaban J connectivity index is 1.29. The smallest absolute Gasteiger partial charge is 0.289 e. The van der Waals surface area contributed by atoms with Crippen molar-refractivity contribution in [2.24, 2.45) is 0 Å². The summed E-state index contributed by atoms with van der Waals surface area (Å²) in [6.45, 7) is 3.77. The zero-order valence-corrected chi connectivity index (χ0v) is 16.8. The number of piperazine rings is 1. The molecule has 1 aromatic heterocycles. The van der Waals surface area contributed by atoms with E-state index in [0.717, 1.165) is 43.6 Å². The molecule has 1 saturated heterocycles. The summed E-state index contributed by atoms with van der Waals surface area (Å²) < 4.78 is 5.22. The van der Waals surface area contributed by atoms with Crippen molar-refractivity contribution in [2.75, 3.05) is 26.2 Å². The van der Waals surface area contributed by atoms with E-state index >= 15 is 0 Å². The second-order valence-corrected chi connectivity index (χ2v) is 8.05. The first-order chi connectivity index (χ1) is 14.2. The van der Waals surface area contributed by atoms with Gasteiger partial charge in [0.15, 0.2) is 5.76 Å². The van der Waals surface area contributed by atoms with E-state index in [4.69, 9.17) is 4.42 Å². The van der Waals surface area contributed by atoms with Gasteiger partial charge >= 0.3 is 0 Å². The Morgan fingerprint density at radius 3 is 2.52 bits per heavy atom. The fourth-order valence-electron chi connectivity index (χ4n) is 4.25. The highest BCUT2D eigenvalue weighted by molar-refractivity contribution is 5.94. The molecule has 1 aliphatic carbocycles. The predicted molar refractivity (Wildman–Crippen MR) is 111 cm³/mol. The molecule has 2 heterocycles. The second kappa shape index (κ2) is 9.27. The first kappa shape index (κ1) is 19.7. The molecule has 29 heavy (non-hydrogen) atoms. The number of hydrogen-bond acceptors (Lipinski definition) is 4. The normalized spacial score (nSPS) is 18.6. The third-order valence-corrected chi connectivity index (χ3v) is 5.93. The molecule has 6 nitrogen and oxygen atoms in total. The lowest BCUT2D eigenvalue weighted by Crippen LogP contribution is -2.48. The molecule has 0 spiro atoms. The van der Waals surface area contributed by atoms with Crippen LogP contribution in [0.4, 0.5) is 0 Å². The van der Waals surface area contributed by atoms with E-state index in [2.05, 4.69) is 16.3 Å². The average molecular weight is 396 g/mol. The minimum atomic E-state index is -0.0453. The minimum Gasteiger partial charge on any atom is -0.459 e. The zero-order valence-electron chi connectivity index (χ0n) is 16.8. The van der Waals surface area contributed by atoms with Gasteiger partial charge in [-0.15, -0.1) is 0 Å². The van der Waals surface area contributed by atoms with Gasteiger partial charge in [-0.1, -0.05) is 31.4 Å². The molecule has 1 aliphatic heterocycles. The highest BCUT2D eigenvalue weighted by Gasteiger charge is 2.24. The van der Waals surface area contributed by atoms with E-state index in [-0.39, 0.29) is 11.8 Å². The summed E-state index contributed by atoms with van der Waals surface area (Å²) >= 11 is 0. The van der Waals surface area contributed by atoms with Crippen LogP contribution >= 0.6 is 0 Å². The third-order valence-electron chi connectivity index (χ3n) is 5.93. The van der Waals surface area contributed by atoms with Crippen molar-refractivity contribution in [1.29, 1.82) is 0 Å². The topological polar surface area (TPSA) is 65.8 Å². The highest BCUT2D eigenvalue weighted by atomic mass is 16.3. The van der Waals surface area contributed by atoms with E-state index < -0.39 is 0 Å². The van der Waals surface area contributed by atoms with Crippen molar-refractivity contribution in [1.82, 2.24) is 15.1 Å². The van der Waals surface area contributed by atoms with Crippen LogP contribution in [0.3, 0.4) is 0 Å². The SMILES string of the molecule is O=C(NC1CCCCC1)c1cccc(CN2CCN(C(=O)c3ccco3)CC2)c1. The molecule has 2 fully saturated rings. The van der Waals surface area contributed by atoms with E-state index in [1.807, 2.05) is 23.1 Å². The highest BCUT2D eigenvalue weighted by Crippen LogP contribution is 2.18. The van der Waals surface area contributed by atoms with Crippen LogP contribution in [0.1, 0.15) is 58.6 Å². The van der Waals surface area contributed by atoms with Crippen LogP contribution < -0.4 is 5.32 Å². The summed E-state index contributed by atoms with van der Waals surface area (Å²) in [4.78, 5) is 29.1. The van der Waals surface area contributed by atoms with Crippen molar-refractivity contribution < 1.29 is 14.0 Å². The molecule has 2 aliphatic rings. The molecule has 2 amide bonds. The van der Waals surface area contributed by atoms with Gasteiger partial charge in [-0.05, 0) is 42.7 Å². The van der Waals surface area contributed by atoms with E-state index in [9.17, 15) is 9.59 Å². The Morgan fingerprint density at radius 1 is 1.00 bits per heavy atom. The van der Waals surface area contributed by atoms with Crippen LogP contribution in [0.15, 0.2) is 47.1 Å². The molecule has 2 aromatic rings. The van der Waals surface area contributed by atoms with Gasteiger partial charge in [0.05, 0.1) is 6.26 Å². The molecular weight excluding hydrogens is 366 g/mol. The lowest BCUT2D eigenvalue weighted by Gasteiger charge is -2.34. The summed E-state index contributed by atoms with van der Waals surface area (Å²) in [7, 11) is 0. The van der Waals surface area contributed by atoms with Gasteiger partial charge < -0.3 is 14.6 Å². The molecule has 154 valence electrons. The molecule has 1 N–H and O–H groups in total. The Labute approximate surface area is 171 Å². The molecule has 0 radical (unpaired) electrons. The Bertz CT molecular complexity index is 820. The van der Waals surface area contributed by atoms with Crippen LogP contribution in [-0.2, 0) is 6.54 Å². The number of amides is 2. The summed E-state index contributed by atoms with van der Waals surface area (Å²) in [5.74, 6) is 0.388. The first-order valence-electron chi connectivity index (χ1n) is 10.6. The van der Waals surface area contributed by atoms with E-state index in [0.29, 0.717) is 24.9 Å². The van der Waals surface area contributed by atoms with Gasteiger partial charge in [0.1, 0.15) is 0 Å². The largest absolute Gasteiger partial charge is 0.459 e. The molecule has 0 unspecified atom stereocenters. The zero-order chi connectivity index (χ0) is 20.1. The van der Waals surface area contributed by atoms with Crippen molar-refractivity contribution in [2.45, 2.75) is 44.7 Å². The third kappa shape index (κ3) is 5.07. The van der Waals surface area contributed by atoms with Gasteiger partial charge in [-0.25, -0.2) is 0 Å². The average Bonchev–Trinajstić information content (AvgIpc) is 3.30. The maximum absolute atomic E-state index is 12.6. The quantitative estimate of drug-likeness (QED) is 0.844. The number of hydrogen-bond donors (Lipinski definition) is 1. The van der Waals surface area contributed by atoms with Crippen molar-refractivity contribution in [3.8, 4) is 0 Å². The number of nitrogens with zero attached hydrogens (tertiary/aromatic N) is 2. The van der Waals surface area contributed by atoms with Crippen LogP contribution in [0.2, 0.25) is 0 Å². The van der Waals surface area contributed by atoms with E-state index in [1.54, 1.807) is 12.1 Å². The lowest BCUT2D eigenvalue weighted by atomic mass is 9.95. The molecule has 0 bridgehead atoms. The maximum atomic E-state index is 12.6. The molecule has 6 heteroatoms. The van der Waals surface area contributed by atoms with Gasteiger partial charge in [0, 0.05) is 44.3 Å². The van der Waals surface area contributed by atoms with E-state index in [1.165, 1.54) is 25.5 Å². The van der Waals surface area contributed by atoms with Crippen LogP contribution in [-0.4, -0.2) is 53.8 Å². The lowest BCUT2D eigenvalue weighted by molar-refractivity contribution is 0.0597. The summed E-state index contributed by atoms with van der Waals surface area (Å²) in [6.07, 6.45) is 7.40. The number of benzene rings is 1. The van der Waals surface area contributed by atoms with Gasteiger partial charge in [-0.3, -0.25) is 14.5 Å². The number of rotatable bonds is 5. The number of furan rings is 1. The molecule has 4 rings (SSSR count). The molecule has 0 atom stereocenters. The fourth-order valence-corrected chi connectivity index (χ4v) is 4.25. The number of carbonyl (C=O) groups is 2. The standard InChI is InChI=1S/C23H29N3O3/c27-22(24-20-8-2-1-3-9-20)19-7-4-6-18(16-19)17-25-11-13-26(14-12-25)23(28)21-10-5-15-29-21/h4-7,10,15-16,20H,1-3,8-9,11-14,17H2,(H,24,27). The summed E-state index contributed by atoms with van der Waals surface area (Å²) in [6, 6.07) is 11.7. The van der Waals surface area contributed by atoms with Gasteiger partial charge in [0.25, 0.3) is 11.8 Å². The Kier molecular flexibility index (Phi) is 6.30. The number of carbonyl (C=O) groups excluding carboxylic acids is 2. The van der Waals surface area contributed by atoms with Crippen molar-refractivity contribution in [3.63, 3.8) is 0 Å². The van der Waals surface area contributed by atoms with Crippen LogP contribution in [0.5, 0.6) is 0 Å². The predicted octanol–water partition coefficient (Wildman–Crippen LogP) is 3.30. The first-order valence-corrected chi connectivity index (χ1v) is 10.6. The summed E-state index contributed by atoms with van der Waals surface area (Å²) in [5, 5.41) is 3.19. The summed E-state index contributed by atoms with van der Waals surface area (Å²) in [5.41, 5.74) is 1.87. The van der Waals surface area contributed by atoms with Crippen LogP contribution in [0.25, 0.3) is 0 Å². The Morgan fingerprint density at radius 2 is 1.79 bits per heavy atom. The molecule has 1 aromatic carbocycles. The minimum absolute atomic E-state index is 0.0348. The fraction of sp³-hybridized carbons (Fsp3) is 0.478.